The van der Waals surface area contributed by atoms with Gasteiger partial charge in [-0.05, 0) is 26.3 Å². The zero-order valence-corrected chi connectivity index (χ0v) is 14.5. The van der Waals surface area contributed by atoms with Crippen LogP contribution in [0, 0.1) is 0 Å². The number of aromatic nitrogens is 1. The molecule has 7 nitrogen and oxygen atoms in total. The van der Waals surface area contributed by atoms with Crippen LogP contribution >= 0.6 is 0 Å². The second kappa shape index (κ2) is 9.44. The van der Waals surface area contributed by atoms with Crippen molar-refractivity contribution in [1.29, 1.82) is 0 Å². The average molecular weight is 338 g/mol. The quantitative estimate of drug-likeness (QED) is 0.730. The minimum atomic E-state index is -0.242. The number of hydrogen-bond acceptors (Lipinski definition) is 6. The summed E-state index contributed by atoms with van der Waals surface area (Å²) in [5.74, 6) is 1.21. The Morgan fingerprint density at radius 1 is 1.38 bits per heavy atom. The van der Waals surface area contributed by atoms with Gasteiger partial charge in [0.05, 0.1) is 25.5 Å². The predicted molar refractivity (Wildman–Crippen MR) is 88.0 cm³/mol. The maximum absolute atomic E-state index is 10.8. The predicted octanol–water partition coefficient (Wildman–Crippen LogP) is 1.91. The summed E-state index contributed by atoms with van der Waals surface area (Å²) in [6.07, 6.45) is 2.89. The Morgan fingerprint density at radius 3 is 2.71 bits per heavy atom. The highest BCUT2D eigenvalue weighted by atomic mass is 16.7. The fraction of sp³-hybridized carbons (Fsp3) is 0.647. The molecule has 1 aliphatic rings. The second-order valence-corrected chi connectivity index (χ2v) is 5.96. The summed E-state index contributed by atoms with van der Waals surface area (Å²) in [6.45, 7) is 6.98. The van der Waals surface area contributed by atoms with Gasteiger partial charge < -0.3 is 24.3 Å². The third-order valence-electron chi connectivity index (χ3n) is 3.29. The van der Waals surface area contributed by atoms with Crippen molar-refractivity contribution >= 4 is 5.91 Å². The molecule has 0 unspecified atom stereocenters. The van der Waals surface area contributed by atoms with E-state index in [9.17, 15) is 4.79 Å². The summed E-state index contributed by atoms with van der Waals surface area (Å²) < 4.78 is 22.6. The number of rotatable bonds is 8. The van der Waals surface area contributed by atoms with E-state index in [0.717, 1.165) is 12.8 Å². The number of pyridine rings is 1. The molecule has 1 N–H and O–H groups in total. The van der Waals surface area contributed by atoms with Gasteiger partial charge >= 0.3 is 0 Å². The lowest BCUT2D eigenvalue weighted by molar-refractivity contribution is -0.213. The molecule has 0 aliphatic carbocycles. The van der Waals surface area contributed by atoms with Gasteiger partial charge in [0.15, 0.2) is 6.29 Å². The number of hydrogen-bond donors (Lipinski definition) is 1. The van der Waals surface area contributed by atoms with Crippen molar-refractivity contribution in [2.24, 2.45) is 0 Å². The fourth-order valence-electron chi connectivity index (χ4n) is 2.24. The maximum Gasteiger partial charge on any atom is 0.216 e. The smallest absolute Gasteiger partial charge is 0.216 e. The number of amides is 1. The molecule has 1 amide bonds. The Kier molecular flexibility index (Phi) is 7.27. The summed E-state index contributed by atoms with van der Waals surface area (Å²) in [4.78, 5) is 15.0. The van der Waals surface area contributed by atoms with Gasteiger partial charge in [-0.2, -0.15) is 0 Å². The SMILES string of the molecule is CC(=O)NCCC[C@H]1OC[C@H](Oc2ccc(OC(C)C)cn2)CO1. The standard InChI is InChI=1S/C17H26N2O5/c1-12(2)23-14-6-7-16(19-9-14)24-15-10-21-17(22-11-15)5-4-8-18-13(3)20/h6-7,9,12,15,17H,4-5,8,10-11H2,1-3H3,(H,18,20)/t15-,17-. The van der Waals surface area contributed by atoms with Gasteiger partial charge in [0, 0.05) is 26.0 Å². The molecule has 1 saturated heterocycles. The van der Waals surface area contributed by atoms with E-state index in [1.807, 2.05) is 19.9 Å². The Labute approximate surface area is 142 Å². The number of carbonyl (C=O) groups is 1. The van der Waals surface area contributed by atoms with Crippen LogP contribution in [0.2, 0.25) is 0 Å². The van der Waals surface area contributed by atoms with Crippen molar-refractivity contribution in [2.75, 3.05) is 19.8 Å². The highest BCUT2D eigenvalue weighted by Gasteiger charge is 2.23. The number of ether oxygens (including phenoxy) is 4. The molecule has 1 aromatic rings. The Balaban J connectivity index is 1.66. The summed E-state index contributed by atoms with van der Waals surface area (Å²) in [5, 5.41) is 2.75. The van der Waals surface area contributed by atoms with E-state index in [0.29, 0.717) is 31.4 Å². The second-order valence-electron chi connectivity index (χ2n) is 5.96. The van der Waals surface area contributed by atoms with Crippen LogP contribution < -0.4 is 14.8 Å². The van der Waals surface area contributed by atoms with Crippen LogP contribution in [-0.2, 0) is 14.3 Å². The molecule has 0 spiro atoms. The minimum Gasteiger partial charge on any atom is -0.489 e. The van der Waals surface area contributed by atoms with E-state index in [2.05, 4.69) is 10.3 Å². The molecular weight excluding hydrogens is 312 g/mol. The molecule has 1 aromatic heterocycles. The first-order chi connectivity index (χ1) is 11.5. The van der Waals surface area contributed by atoms with Gasteiger partial charge in [0.2, 0.25) is 11.8 Å². The van der Waals surface area contributed by atoms with Crippen molar-refractivity contribution < 1.29 is 23.7 Å². The van der Waals surface area contributed by atoms with Crippen LogP contribution in [0.4, 0.5) is 0 Å². The summed E-state index contributed by atoms with van der Waals surface area (Å²) in [5.41, 5.74) is 0. The zero-order chi connectivity index (χ0) is 17.4. The molecule has 0 radical (unpaired) electrons. The van der Waals surface area contributed by atoms with Crippen molar-refractivity contribution in [3.63, 3.8) is 0 Å². The number of carbonyl (C=O) groups excluding carboxylic acids is 1. The molecule has 24 heavy (non-hydrogen) atoms. The topological polar surface area (TPSA) is 78.9 Å². The lowest BCUT2D eigenvalue weighted by Gasteiger charge is -2.29. The first-order valence-corrected chi connectivity index (χ1v) is 8.30. The monoisotopic (exact) mass is 338 g/mol. The van der Waals surface area contributed by atoms with E-state index < -0.39 is 0 Å². The van der Waals surface area contributed by atoms with Crippen LogP contribution in [0.1, 0.15) is 33.6 Å². The van der Waals surface area contributed by atoms with Gasteiger partial charge in [-0.25, -0.2) is 4.98 Å². The average Bonchev–Trinajstić information content (AvgIpc) is 2.54. The normalized spacial score (nSPS) is 20.7. The highest BCUT2D eigenvalue weighted by Crippen LogP contribution is 2.18. The van der Waals surface area contributed by atoms with Gasteiger partial charge in [-0.15, -0.1) is 0 Å². The Hall–Kier alpha value is -1.86. The molecule has 2 heterocycles. The largest absolute Gasteiger partial charge is 0.489 e. The first-order valence-electron chi connectivity index (χ1n) is 8.30. The molecule has 2 rings (SSSR count). The molecule has 0 saturated carbocycles. The Morgan fingerprint density at radius 2 is 2.12 bits per heavy atom. The summed E-state index contributed by atoms with van der Waals surface area (Å²) in [6, 6.07) is 3.61. The van der Waals surface area contributed by atoms with E-state index >= 15 is 0 Å². The third kappa shape index (κ3) is 6.72. The van der Waals surface area contributed by atoms with Crippen molar-refractivity contribution in [1.82, 2.24) is 10.3 Å². The molecule has 134 valence electrons. The van der Waals surface area contributed by atoms with E-state index in [4.69, 9.17) is 18.9 Å². The molecule has 1 fully saturated rings. The highest BCUT2D eigenvalue weighted by molar-refractivity contribution is 5.72. The van der Waals surface area contributed by atoms with Gasteiger partial charge in [0.25, 0.3) is 0 Å². The van der Waals surface area contributed by atoms with Crippen LogP contribution in [-0.4, -0.2) is 49.1 Å². The molecular formula is C17H26N2O5. The van der Waals surface area contributed by atoms with E-state index in [1.54, 1.807) is 12.3 Å². The molecule has 1 aliphatic heterocycles. The Bertz CT molecular complexity index is 498. The van der Waals surface area contributed by atoms with Gasteiger partial charge in [-0.1, -0.05) is 0 Å². The lowest BCUT2D eigenvalue weighted by Crippen LogP contribution is -2.39. The van der Waals surface area contributed by atoms with Crippen molar-refractivity contribution in [3.8, 4) is 11.6 Å². The van der Waals surface area contributed by atoms with E-state index in [-0.39, 0.29) is 24.4 Å². The van der Waals surface area contributed by atoms with Crippen LogP contribution in [0.15, 0.2) is 18.3 Å². The van der Waals surface area contributed by atoms with Crippen molar-refractivity contribution in [2.45, 2.75) is 52.1 Å². The maximum atomic E-state index is 10.8. The number of nitrogens with zero attached hydrogens (tertiary/aromatic N) is 1. The summed E-state index contributed by atoms with van der Waals surface area (Å²) in [7, 11) is 0. The molecule has 7 heteroatoms. The molecule has 0 atom stereocenters. The summed E-state index contributed by atoms with van der Waals surface area (Å²) >= 11 is 0. The molecule has 0 aromatic carbocycles. The zero-order valence-electron chi connectivity index (χ0n) is 14.5. The van der Waals surface area contributed by atoms with E-state index in [1.165, 1.54) is 6.92 Å². The van der Waals surface area contributed by atoms with Crippen LogP contribution in [0.5, 0.6) is 11.6 Å². The van der Waals surface area contributed by atoms with Gasteiger partial charge in [0.1, 0.15) is 11.9 Å². The third-order valence-corrected chi connectivity index (χ3v) is 3.29. The van der Waals surface area contributed by atoms with Crippen LogP contribution in [0.25, 0.3) is 0 Å². The number of nitrogens with one attached hydrogen (secondary N) is 1. The lowest BCUT2D eigenvalue weighted by atomic mass is 10.2. The minimum absolute atomic E-state index is 0.0220. The molecule has 0 bridgehead atoms. The van der Waals surface area contributed by atoms with Crippen LogP contribution in [0.3, 0.4) is 0 Å². The van der Waals surface area contributed by atoms with Crippen molar-refractivity contribution in [3.05, 3.63) is 18.3 Å². The fourth-order valence-corrected chi connectivity index (χ4v) is 2.24. The first kappa shape index (κ1) is 18.5. The van der Waals surface area contributed by atoms with Gasteiger partial charge in [-0.3, -0.25) is 4.79 Å².